The lowest BCUT2D eigenvalue weighted by Crippen LogP contribution is -2.10. The molecular formula is C10H14IN. The van der Waals surface area contributed by atoms with E-state index in [0.717, 1.165) is 6.42 Å². The van der Waals surface area contributed by atoms with Crippen LogP contribution in [0.1, 0.15) is 30.5 Å². The van der Waals surface area contributed by atoms with E-state index in [4.69, 9.17) is 5.73 Å². The molecule has 12 heavy (non-hydrogen) atoms. The molecule has 0 bridgehead atoms. The molecule has 0 heterocycles. The van der Waals surface area contributed by atoms with Gasteiger partial charge in [-0.15, -0.1) is 0 Å². The number of benzene rings is 1. The number of rotatable bonds is 2. The average Bonchev–Trinajstić information content (AvgIpc) is 2.08. The van der Waals surface area contributed by atoms with Gasteiger partial charge in [0.25, 0.3) is 0 Å². The summed E-state index contributed by atoms with van der Waals surface area (Å²) in [5.74, 6) is 0. The van der Waals surface area contributed by atoms with Gasteiger partial charge in [-0.25, -0.2) is 0 Å². The first-order valence-electron chi connectivity index (χ1n) is 4.16. The van der Waals surface area contributed by atoms with Crippen LogP contribution in [0, 0.1) is 10.5 Å². The first kappa shape index (κ1) is 9.99. The summed E-state index contributed by atoms with van der Waals surface area (Å²) < 4.78 is 1.27. The monoisotopic (exact) mass is 275 g/mol. The number of aryl methyl sites for hydroxylation is 1. The lowest BCUT2D eigenvalue weighted by Gasteiger charge is -2.11. The highest BCUT2D eigenvalue weighted by Crippen LogP contribution is 2.21. The quantitative estimate of drug-likeness (QED) is 0.825. The van der Waals surface area contributed by atoms with E-state index in [0.29, 0.717) is 0 Å². The highest BCUT2D eigenvalue weighted by Gasteiger charge is 2.06. The molecule has 0 spiro atoms. The zero-order valence-corrected chi connectivity index (χ0v) is 9.63. The van der Waals surface area contributed by atoms with E-state index in [-0.39, 0.29) is 6.04 Å². The standard InChI is InChI=1S/C10H14IN/c1-3-10(12)8-6-7(2)4-5-9(8)11/h4-6,10H,3,12H2,1-2H3. The third-order valence-corrected chi connectivity index (χ3v) is 2.97. The molecule has 0 saturated carbocycles. The van der Waals surface area contributed by atoms with Gasteiger partial charge in [0.05, 0.1) is 0 Å². The maximum Gasteiger partial charge on any atom is 0.0302 e. The van der Waals surface area contributed by atoms with Crippen LogP contribution in [0.25, 0.3) is 0 Å². The summed E-state index contributed by atoms with van der Waals surface area (Å²) in [4.78, 5) is 0. The van der Waals surface area contributed by atoms with E-state index < -0.39 is 0 Å². The summed E-state index contributed by atoms with van der Waals surface area (Å²) in [7, 11) is 0. The molecule has 0 saturated heterocycles. The van der Waals surface area contributed by atoms with Crippen molar-refractivity contribution in [2.75, 3.05) is 0 Å². The minimum absolute atomic E-state index is 0.191. The number of hydrogen-bond donors (Lipinski definition) is 1. The highest BCUT2D eigenvalue weighted by atomic mass is 127. The molecule has 2 N–H and O–H groups in total. The zero-order chi connectivity index (χ0) is 9.14. The Morgan fingerprint density at radius 1 is 1.50 bits per heavy atom. The molecular weight excluding hydrogens is 261 g/mol. The minimum atomic E-state index is 0.191. The van der Waals surface area contributed by atoms with E-state index in [1.807, 2.05) is 0 Å². The summed E-state index contributed by atoms with van der Waals surface area (Å²) >= 11 is 2.34. The van der Waals surface area contributed by atoms with Crippen LogP contribution in [0.4, 0.5) is 0 Å². The molecule has 1 nitrogen and oxygen atoms in total. The molecule has 66 valence electrons. The summed E-state index contributed by atoms with van der Waals surface area (Å²) in [6, 6.07) is 6.61. The van der Waals surface area contributed by atoms with Crippen LogP contribution in [-0.4, -0.2) is 0 Å². The van der Waals surface area contributed by atoms with Crippen molar-refractivity contribution in [1.29, 1.82) is 0 Å². The summed E-state index contributed by atoms with van der Waals surface area (Å²) in [6.07, 6.45) is 0.999. The van der Waals surface area contributed by atoms with Crippen LogP contribution in [-0.2, 0) is 0 Å². The average molecular weight is 275 g/mol. The topological polar surface area (TPSA) is 26.0 Å². The fourth-order valence-electron chi connectivity index (χ4n) is 1.17. The molecule has 0 aliphatic heterocycles. The molecule has 0 aliphatic rings. The summed E-state index contributed by atoms with van der Waals surface area (Å²) in [5.41, 5.74) is 8.52. The maximum atomic E-state index is 5.96. The van der Waals surface area contributed by atoms with Crippen molar-refractivity contribution >= 4 is 22.6 Å². The minimum Gasteiger partial charge on any atom is -0.324 e. The van der Waals surface area contributed by atoms with Crippen molar-refractivity contribution in [3.05, 3.63) is 32.9 Å². The Labute approximate surface area is 87.5 Å². The highest BCUT2D eigenvalue weighted by molar-refractivity contribution is 14.1. The molecule has 1 aromatic carbocycles. The number of nitrogens with two attached hydrogens (primary N) is 1. The van der Waals surface area contributed by atoms with Gasteiger partial charge in [-0.2, -0.15) is 0 Å². The van der Waals surface area contributed by atoms with E-state index in [9.17, 15) is 0 Å². The van der Waals surface area contributed by atoms with Crippen LogP contribution >= 0.6 is 22.6 Å². The van der Waals surface area contributed by atoms with Gasteiger partial charge in [-0.3, -0.25) is 0 Å². The lowest BCUT2D eigenvalue weighted by molar-refractivity contribution is 0.694. The molecule has 2 heteroatoms. The Balaban J connectivity index is 3.04. The first-order chi connectivity index (χ1) is 5.65. The van der Waals surface area contributed by atoms with E-state index in [1.54, 1.807) is 0 Å². The predicted molar refractivity (Wildman–Crippen MR) is 61.1 cm³/mol. The van der Waals surface area contributed by atoms with Gasteiger partial charge in [0, 0.05) is 9.61 Å². The fraction of sp³-hybridized carbons (Fsp3) is 0.400. The second-order valence-corrected chi connectivity index (χ2v) is 4.20. The van der Waals surface area contributed by atoms with Crippen molar-refractivity contribution < 1.29 is 0 Å². The van der Waals surface area contributed by atoms with Crippen LogP contribution < -0.4 is 5.73 Å². The second kappa shape index (κ2) is 4.23. The van der Waals surface area contributed by atoms with Gasteiger partial charge in [-0.05, 0) is 47.6 Å². The number of halogens is 1. The third-order valence-electron chi connectivity index (χ3n) is 1.99. The number of hydrogen-bond acceptors (Lipinski definition) is 1. The summed E-state index contributed by atoms with van der Waals surface area (Å²) in [6.45, 7) is 4.21. The molecule has 1 atom stereocenters. The van der Waals surface area contributed by atoms with Crippen LogP contribution in [0.15, 0.2) is 18.2 Å². The Kier molecular flexibility index (Phi) is 3.53. The molecule has 1 rings (SSSR count). The van der Waals surface area contributed by atoms with E-state index in [1.165, 1.54) is 14.7 Å². The Morgan fingerprint density at radius 2 is 2.17 bits per heavy atom. The van der Waals surface area contributed by atoms with Gasteiger partial charge in [0.2, 0.25) is 0 Å². The Bertz CT molecular complexity index is 271. The second-order valence-electron chi connectivity index (χ2n) is 3.04. The van der Waals surface area contributed by atoms with Crippen molar-refractivity contribution in [3.63, 3.8) is 0 Å². The SMILES string of the molecule is CCC(N)c1cc(C)ccc1I. The Hall–Kier alpha value is -0.0900. The predicted octanol–water partition coefficient (Wildman–Crippen LogP) is 3.01. The van der Waals surface area contributed by atoms with Gasteiger partial charge in [0.15, 0.2) is 0 Å². The van der Waals surface area contributed by atoms with E-state index >= 15 is 0 Å². The smallest absolute Gasteiger partial charge is 0.0302 e. The van der Waals surface area contributed by atoms with Crippen molar-refractivity contribution in [1.82, 2.24) is 0 Å². The summed E-state index contributed by atoms with van der Waals surface area (Å²) in [5, 5.41) is 0. The zero-order valence-electron chi connectivity index (χ0n) is 7.47. The first-order valence-corrected chi connectivity index (χ1v) is 5.24. The fourth-order valence-corrected chi connectivity index (χ4v) is 1.90. The molecule has 1 aromatic rings. The molecule has 1 unspecified atom stereocenters. The molecule has 0 radical (unpaired) electrons. The molecule has 0 aromatic heterocycles. The van der Waals surface area contributed by atoms with Gasteiger partial charge in [0.1, 0.15) is 0 Å². The van der Waals surface area contributed by atoms with Crippen molar-refractivity contribution in [2.24, 2.45) is 5.73 Å². The third kappa shape index (κ3) is 2.20. The van der Waals surface area contributed by atoms with Gasteiger partial charge >= 0.3 is 0 Å². The largest absolute Gasteiger partial charge is 0.324 e. The maximum absolute atomic E-state index is 5.96. The van der Waals surface area contributed by atoms with Crippen molar-refractivity contribution in [2.45, 2.75) is 26.3 Å². The molecule has 0 aliphatic carbocycles. The molecule has 0 fully saturated rings. The normalized spacial score (nSPS) is 13.0. The molecule has 0 amide bonds. The van der Waals surface area contributed by atoms with Gasteiger partial charge < -0.3 is 5.73 Å². The van der Waals surface area contributed by atoms with Gasteiger partial charge in [-0.1, -0.05) is 24.6 Å². The van der Waals surface area contributed by atoms with Crippen molar-refractivity contribution in [3.8, 4) is 0 Å². The van der Waals surface area contributed by atoms with Crippen LogP contribution in [0.3, 0.4) is 0 Å². The van der Waals surface area contributed by atoms with Crippen LogP contribution in [0.5, 0.6) is 0 Å². The van der Waals surface area contributed by atoms with Crippen LogP contribution in [0.2, 0.25) is 0 Å². The van der Waals surface area contributed by atoms with E-state index in [2.05, 4.69) is 54.6 Å². The lowest BCUT2D eigenvalue weighted by atomic mass is 10.0. The Morgan fingerprint density at radius 3 is 2.75 bits per heavy atom.